The molecule has 0 aliphatic heterocycles. The summed E-state index contributed by atoms with van der Waals surface area (Å²) < 4.78 is 0. The van der Waals surface area contributed by atoms with Crippen LogP contribution in [0.4, 0.5) is 5.69 Å². The molecule has 1 amide bonds. The highest BCUT2D eigenvalue weighted by atomic mass is 16.6. The Morgan fingerprint density at radius 1 is 1.28 bits per heavy atom. The average Bonchev–Trinajstić information content (AvgIpc) is 2.61. The molecule has 0 unspecified atom stereocenters. The molecule has 0 aliphatic rings. The van der Waals surface area contributed by atoms with Gasteiger partial charge in [-0.25, -0.2) is 0 Å². The molecule has 0 bridgehead atoms. The Morgan fingerprint density at radius 2 is 1.96 bits per heavy atom. The molecule has 7 nitrogen and oxygen atoms in total. The molecule has 126 valence electrons. The van der Waals surface area contributed by atoms with E-state index in [1.165, 1.54) is 12.1 Å². The van der Waals surface area contributed by atoms with Gasteiger partial charge in [0.2, 0.25) is 0 Å². The molecule has 0 saturated carbocycles. The number of amides is 1. The fourth-order valence-corrected chi connectivity index (χ4v) is 2.18. The maximum Gasteiger partial charge on any atom is 0.262 e. The zero-order chi connectivity index (χ0) is 18.4. The van der Waals surface area contributed by atoms with Crippen LogP contribution in [0.25, 0.3) is 6.08 Å². The van der Waals surface area contributed by atoms with E-state index in [9.17, 15) is 25.3 Å². The number of carbonyl (C=O) groups is 1. The molecule has 1 N–H and O–H groups in total. The highest BCUT2D eigenvalue weighted by Crippen LogP contribution is 2.25. The van der Waals surface area contributed by atoms with Gasteiger partial charge < -0.3 is 10.4 Å². The number of hydrogen-bond acceptors (Lipinski definition) is 5. The number of nitrogens with zero attached hydrogens (tertiary/aromatic N) is 2. The molecule has 0 saturated heterocycles. The summed E-state index contributed by atoms with van der Waals surface area (Å²) in [6.45, 7) is 1.78. The minimum absolute atomic E-state index is 0.212. The lowest BCUT2D eigenvalue weighted by molar-refractivity contribution is -0.398. The van der Waals surface area contributed by atoms with Gasteiger partial charge >= 0.3 is 0 Å². The summed E-state index contributed by atoms with van der Waals surface area (Å²) in [5.74, 6) is -1.34. The maximum atomic E-state index is 12.3. The Hall–Kier alpha value is -3.66. The smallest absolute Gasteiger partial charge is 0.262 e. The summed E-state index contributed by atoms with van der Waals surface area (Å²) in [6, 6.07) is 14.1. The fourth-order valence-electron chi connectivity index (χ4n) is 2.18. The molecule has 7 heteroatoms. The number of nitriles is 1. The van der Waals surface area contributed by atoms with E-state index >= 15 is 0 Å². The number of benzene rings is 2. The Kier molecular flexibility index (Phi) is 5.48. The van der Waals surface area contributed by atoms with E-state index in [2.05, 4.69) is 5.32 Å². The van der Waals surface area contributed by atoms with Crippen molar-refractivity contribution in [2.24, 2.45) is 0 Å². The van der Waals surface area contributed by atoms with E-state index in [1.807, 2.05) is 30.3 Å². The van der Waals surface area contributed by atoms with E-state index in [-0.39, 0.29) is 17.2 Å². The summed E-state index contributed by atoms with van der Waals surface area (Å²) in [4.78, 5) is 22.3. The van der Waals surface area contributed by atoms with E-state index in [1.54, 1.807) is 13.0 Å². The third kappa shape index (κ3) is 4.42. The second-order valence-electron chi connectivity index (χ2n) is 5.26. The molecule has 0 heterocycles. The summed E-state index contributed by atoms with van der Waals surface area (Å²) in [5.41, 5.74) is 0.282. The summed E-state index contributed by atoms with van der Waals surface area (Å²) >= 11 is 0. The highest BCUT2D eigenvalue weighted by molar-refractivity contribution is 6.01. The van der Waals surface area contributed by atoms with Crippen LogP contribution in [-0.4, -0.2) is 10.8 Å². The van der Waals surface area contributed by atoms with Crippen molar-refractivity contribution in [2.45, 2.75) is 13.0 Å². The Bertz CT molecular complexity index is 870. The van der Waals surface area contributed by atoms with Gasteiger partial charge in [-0.05, 0) is 29.9 Å². The van der Waals surface area contributed by atoms with Gasteiger partial charge in [-0.2, -0.15) is 5.26 Å². The Morgan fingerprint density at radius 3 is 2.56 bits per heavy atom. The second kappa shape index (κ2) is 7.75. The van der Waals surface area contributed by atoms with Crippen molar-refractivity contribution >= 4 is 17.7 Å². The largest absolute Gasteiger partial charge is 0.868 e. The zero-order valence-corrected chi connectivity index (χ0v) is 13.3. The SMILES string of the molecule is C[C@@H](NC(=O)/C(C#N)=C/c1ccc([O-])c([N+](=O)[O-])c1)c1ccccc1. The van der Waals surface area contributed by atoms with Crippen LogP contribution in [0.15, 0.2) is 54.1 Å². The second-order valence-corrected chi connectivity index (χ2v) is 5.26. The summed E-state index contributed by atoms with van der Waals surface area (Å²) in [5, 5.41) is 34.1. The summed E-state index contributed by atoms with van der Waals surface area (Å²) in [6.07, 6.45) is 1.21. The minimum atomic E-state index is -0.802. The fraction of sp³-hybridized carbons (Fsp3) is 0.111. The van der Waals surface area contributed by atoms with E-state index in [0.29, 0.717) is 0 Å². The molecule has 25 heavy (non-hydrogen) atoms. The van der Waals surface area contributed by atoms with Crippen molar-refractivity contribution in [3.63, 3.8) is 0 Å². The number of nitro benzene ring substituents is 1. The van der Waals surface area contributed by atoms with Crippen molar-refractivity contribution in [3.8, 4) is 11.8 Å². The molecule has 0 aromatic heterocycles. The van der Waals surface area contributed by atoms with Crippen molar-refractivity contribution in [3.05, 3.63) is 75.3 Å². The van der Waals surface area contributed by atoms with Crippen LogP contribution >= 0.6 is 0 Å². The molecule has 2 rings (SSSR count). The van der Waals surface area contributed by atoms with Crippen LogP contribution in [0, 0.1) is 21.4 Å². The first-order valence-electron chi connectivity index (χ1n) is 7.35. The van der Waals surface area contributed by atoms with Gasteiger partial charge in [0.05, 0.1) is 11.0 Å². The zero-order valence-electron chi connectivity index (χ0n) is 13.3. The highest BCUT2D eigenvalue weighted by Gasteiger charge is 2.14. The van der Waals surface area contributed by atoms with Crippen molar-refractivity contribution in [2.75, 3.05) is 0 Å². The molecule has 1 atom stereocenters. The van der Waals surface area contributed by atoms with E-state index in [0.717, 1.165) is 17.7 Å². The molecule has 0 spiro atoms. The van der Waals surface area contributed by atoms with Gasteiger partial charge in [0, 0.05) is 6.07 Å². The van der Waals surface area contributed by atoms with Gasteiger partial charge in [0.25, 0.3) is 11.6 Å². The molecule has 0 fully saturated rings. The van der Waals surface area contributed by atoms with Gasteiger partial charge in [0.15, 0.2) is 0 Å². The van der Waals surface area contributed by atoms with Crippen LogP contribution in [0.3, 0.4) is 0 Å². The molecule has 2 aromatic rings. The molecular weight excluding hydrogens is 322 g/mol. The molecule has 0 radical (unpaired) electrons. The Labute approximate surface area is 144 Å². The van der Waals surface area contributed by atoms with Crippen LogP contribution < -0.4 is 10.4 Å². The first-order valence-corrected chi connectivity index (χ1v) is 7.35. The minimum Gasteiger partial charge on any atom is -0.868 e. The molecular formula is C18H14N3O4-. The molecule has 0 aliphatic carbocycles. The lowest BCUT2D eigenvalue weighted by atomic mass is 10.1. The van der Waals surface area contributed by atoms with Gasteiger partial charge in [-0.3, -0.25) is 14.9 Å². The lowest BCUT2D eigenvalue weighted by Gasteiger charge is -2.13. The van der Waals surface area contributed by atoms with Crippen molar-refractivity contribution < 1.29 is 14.8 Å². The standard InChI is InChI=1S/C18H15N3O4/c1-12(14-5-3-2-4-6-14)20-18(23)15(11-19)9-13-7-8-17(22)16(10-13)21(24)25/h2-10,12,22H,1H3,(H,20,23)/p-1/b15-9+/t12-/m1/s1. The first kappa shape index (κ1) is 17.7. The topological polar surface area (TPSA) is 119 Å². The van der Waals surface area contributed by atoms with E-state index in [4.69, 9.17) is 0 Å². The number of rotatable bonds is 5. The quantitative estimate of drug-likeness (QED) is 0.389. The normalized spacial score (nSPS) is 12.1. The summed E-state index contributed by atoms with van der Waals surface area (Å²) in [7, 11) is 0. The Balaban J connectivity index is 2.23. The van der Waals surface area contributed by atoms with Crippen LogP contribution in [0.1, 0.15) is 24.1 Å². The van der Waals surface area contributed by atoms with Gasteiger partial charge in [-0.15, -0.1) is 0 Å². The number of nitro groups is 1. The number of hydrogen-bond donors (Lipinski definition) is 1. The lowest BCUT2D eigenvalue weighted by Crippen LogP contribution is -2.27. The van der Waals surface area contributed by atoms with Crippen molar-refractivity contribution in [1.29, 1.82) is 5.26 Å². The van der Waals surface area contributed by atoms with Gasteiger partial charge in [-0.1, -0.05) is 42.5 Å². The van der Waals surface area contributed by atoms with Crippen LogP contribution in [0.2, 0.25) is 0 Å². The number of carbonyl (C=O) groups excluding carboxylic acids is 1. The average molecular weight is 336 g/mol. The third-order valence-electron chi connectivity index (χ3n) is 3.50. The number of nitrogens with one attached hydrogen (secondary N) is 1. The molecule has 2 aromatic carbocycles. The maximum absolute atomic E-state index is 12.3. The van der Waals surface area contributed by atoms with Gasteiger partial charge in [0.1, 0.15) is 11.6 Å². The van der Waals surface area contributed by atoms with Crippen molar-refractivity contribution in [1.82, 2.24) is 5.32 Å². The van der Waals surface area contributed by atoms with Crippen LogP contribution in [-0.2, 0) is 4.79 Å². The first-order chi connectivity index (χ1) is 11.9. The predicted octanol–water partition coefficient (Wildman–Crippen LogP) is 2.45. The third-order valence-corrected chi connectivity index (χ3v) is 3.50. The van der Waals surface area contributed by atoms with E-state index < -0.39 is 22.3 Å². The van der Waals surface area contributed by atoms with Crippen LogP contribution in [0.5, 0.6) is 5.75 Å². The monoisotopic (exact) mass is 336 g/mol. The predicted molar refractivity (Wildman–Crippen MR) is 89.1 cm³/mol.